The first-order valence-electron chi connectivity index (χ1n) is 10.6. The zero-order chi connectivity index (χ0) is 21.6. The summed E-state index contributed by atoms with van der Waals surface area (Å²) < 4.78 is 11.2. The van der Waals surface area contributed by atoms with Crippen molar-refractivity contribution in [3.05, 3.63) is 65.7 Å². The number of likely N-dealkylation sites (tertiary alicyclic amines) is 1. The van der Waals surface area contributed by atoms with Gasteiger partial charge >= 0.3 is 6.09 Å². The van der Waals surface area contributed by atoms with Gasteiger partial charge in [0.15, 0.2) is 0 Å². The predicted molar refractivity (Wildman–Crippen MR) is 116 cm³/mol. The summed E-state index contributed by atoms with van der Waals surface area (Å²) >= 11 is 0. The highest BCUT2D eigenvalue weighted by Crippen LogP contribution is 2.22. The molecule has 0 saturated carbocycles. The van der Waals surface area contributed by atoms with E-state index in [9.17, 15) is 9.59 Å². The van der Waals surface area contributed by atoms with Gasteiger partial charge in [-0.15, -0.1) is 0 Å². The summed E-state index contributed by atoms with van der Waals surface area (Å²) in [5.41, 5.74) is 1.72. The second-order valence-electron chi connectivity index (χ2n) is 8.80. The lowest BCUT2D eigenvalue weighted by Gasteiger charge is -2.24. The molecule has 1 aliphatic heterocycles. The first kappa shape index (κ1) is 21.9. The lowest BCUT2D eigenvalue weighted by atomic mass is 9.97. The first-order valence-corrected chi connectivity index (χ1v) is 10.6. The maximum atomic E-state index is 12.6. The third-order valence-electron chi connectivity index (χ3n) is 5.13. The number of hydrogen-bond acceptors (Lipinski definition) is 4. The van der Waals surface area contributed by atoms with Crippen LogP contribution in [0.4, 0.5) is 4.79 Å². The molecule has 1 atom stereocenters. The lowest BCUT2D eigenvalue weighted by Crippen LogP contribution is -2.35. The van der Waals surface area contributed by atoms with E-state index in [0.29, 0.717) is 39.0 Å². The maximum Gasteiger partial charge on any atom is 0.410 e. The lowest BCUT2D eigenvalue weighted by molar-refractivity contribution is -0.122. The van der Waals surface area contributed by atoms with Crippen molar-refractivity contribution in [1.29, 1.82) is 0 Å². The summed E-state index contributed by atoms with van der Waals surface area (Å²) in [4.78, 5) is 26.4. The average Bonchev–Trinajstić information content (AvgIpc) is 3.21. The minimum Gasteiger partial charge on any atom is -0.489 e. The number of Topliss-reactive ketones (excluding diaryl/α,β-unsaturated/α-hetero) is 1. The smallest absolute Gasteiger partial charge is 0.410 e. The monoisotopic (exact) mass is 409 g/mol. The number of hydrogen-bond donors (Lipinski definition) is 0. The van der Waals surface area contributed by atoms with Gasteiger partial charge in [0.1, 0.15) is 23.7 Å². The zero-order valence-electron chi connectivity index (χ0n) is 18.1. The molecule has 1 aliphatic rings. The number of amides is 1. The highest BCUT2D eigenvalue weighted by molar-refractivity contribution is 5.82. The summed E-state index contributed by atoms with van der Waals surface area (Å²) in [5.74, 6) is 0.939. The van der Waals surface area contributed by atoms with Gasteiger partial charge in [0.2, 0.25) is 0 Å². The molecule has 2 aromatic carbocycles. The van der Waals surface area contributed by atoms with Crippen molar-refractivity contribution in [2.75, 3.05) is 13.1 Å². The summed E-state index contributed by atoms with van der Waals surface area (Å²) in [6.45, 7) is 7.12. The number of carbonyl (C=O) groups excluding carboxylic acids is 2. The van der Waals surface area contributed by atoms with E-state index in [1.54, 1.807) is 4.90 Å². The van der Waals surface area contributed by atoms with E-state index in [2.05, 4.69) is 0 Å². The average molecular weight is 410 g/mol. The van der Waals surface area contributed by atoms with Gasteiger partial charge < -0.3 is 14.4 Å². The number of carbonyl (C=O) groups is 2. The van der Waals surface area contributed by atoms with Crippen molar-refractivity contribution in [3.8, 4) is 5.75 Å². The Morgan fingerprint density at radius 1 is 1.00 bits per heavy atom. The molecular weight excluding hydrogens is 378 g/mol. The van der Waals surface area contributed by atoms with Crippen molar-refractivity contribution in [1.82, 2.24) is 4.90 Å². The van der Waals surface area contributed by atoms with Crippen molar-refractivity contribution in [2.45, 2.75) is 52.2 Å². The van der Waals surface area contributed by atoms with Crippen molar-refractivity contribution < 1.29 is 19.1 Å². The normalized spacial score (nSPS) is 16.4. The largest absolute Gasteiger partial charge is 0.489 e. The molecule has 0 radical (unpaired) electrons. The predicted octanol–water partition coefficient (Wildman–Crippen LogP) is 5.02. The molecule has 30 heavy (non-hydrogen) atoms. The Bertz CT molecular complexity index is 840. The topological polar surface area (TPSA) is 55.8 Å². The molecule has 0 spiro atoms. The molecule has 0 aromatic heterocycles. The highest BCUT2D eigenvalue weighted by Gasteiger charge is 2.32. The highest BCUT2D eigenvalue weighted by atomic mass is 16.6. The fourth-order valence-corrected chi connectivity index (χ4v) is 3.48. The summed E-state index contributed by atoms with van der Waals surface area (Å²) in [7, 11) is 0. The van der Waals surface area contributed by atoms with Gasteiger partial charge in [-0.05, 0) is 56.9 Å². The quantitative estimate of drug-likeness (QED) is 0.644. The van der Waals surface area contributed by atoms with E-state index in [-0.39, 0.29) is 17.8 Å². The SMILES string of the molecule is CC(C)(C)OC(=O)N1CCC(C(=O)CCc2ccc(OCc3ccccc3)cc2)C1. The van der Waals surface area contributed by atoms with E-state index >= 15 is 0 Å². The summed E-state index contributed by atoms with van der Waals surface area (Å²) in [5, 5.41) is 0. The Morgan fingerprint density at radius 2 is 1.70 bits per heavy atom. The van der Waals surface area contributed by atoms with E-state index in [1.807, 2.05) is 75.4 Å². The fourth-order valence-electron chi connectivity index (χ4n) is 3.48. The molecule has 1 saturated heterocycles. The Morgan fingerprint density at radius 3 is 2.37 bits per heavy atom. The fraction of sp³-hybridized carbons (Fsp3) is 0.440. The van der Waals surface area contributed by atoms with Crippen LogP contribution in [0, 0.1) is 5.92 Å². The van der Waals surface area contributed by atoms with Gasteiger partial charge in [0.25, 0.3) is 0 Å². The van der Waals surface area contributed by atoms with Crippen LogP contribution in [-0.2, 0) is 22.6 Å². The number of nitrogens with zero attached hydrogens (tertiary/aromatic N) is 1. The van der Waals surface area contributed by atoms with Crippen LogP contribution in [0.3, 0.4) is 0 Å². The standard InChI is InChI=1S/C25H31NO4/c1-25(2,3)30-24(28)26-16-15-21(17-26)23(27)14-11-19-9-12-22(13-10-19)29-18-20-7-5-4-6-8-20/h4-10,12-13,21H,11,14-18H2,1-3H3. The van der Waals surface area contributed by atoms with Gasteiger partial charge in [-0.25, -0.2) is 4.79 Å². The molecule has 5 nitrogen and oxygen atoms in total. The molecule has 2 aromatic rings. The second kappa shape index (κ2) is 9.79. The Kier molecular flexibility index (Phi) is 7.14. The van der Waals surface area contributed by atoms with Crippen LogP contribution < -0.4 is 4.74 Å². The Balaban J connectivity index is 1.42. The van der Waals surface area contributed by atoms with Gasteiger partial charge in [0, 0.05) is 25.4 Å². The molecule has 160 valence electrons. The molecule has 1 amide bonds. The van der Waals surface area contributed by atoms with Gasteiger partial charge in [0.05, 0.1) is 0 Å². The van der Waals surface area contributed by atoms with Crippen LogP contribution in [0.15, 0.2) is 54.6 Å². The summed E-state index contributed by atoms with van der Waals surface area (Å²) in [6.07, 6.45) is 1.56. The molecule has 5 heteroatoms. The Labute approximate surface area is 179 Å². The first-order chi connectivity index (χ1) is 14.3. The van der Waals surface area contributed by atoms with Crippen LogP contribution in [0.5, 0.6) is 5.75 Å². The number of ether oxygens (including phenoxy) is 2. The van der Waals surface area contributed by atoms with Crippen molar-refractivity contribution in [3.63, 3.8) is 0 Å². The zero-order valence-corrected chi connectivity index (χ0v) is 18.1. The van der Waals surface area contributed by atoms with Crippen LogP contribution >= 0.6 is 0 Å². The number of benzene rings is 2. The van der Waals surface area contributed by atoms with Crippen LogP contribution in [-0.4, -0.2) is 35.5 Å². The van der Waals surface area contributed by atoms with E-state index < -0.39 is 5.60 Å². The van der Waals surface area contributed by atoms with Gasteiger partial charge in [-0.1, -0.05) is 42.5 Å². The van der Waals surface area contributed by atoms with Crippen molar-refractivity contribution >= 4 is 11.9 Å². The molecule has 0 N–H and O–H groups in total. The van der Waals surface area contributed by atoms with Crippen LogP contribution in [0.25, 0.3) is 0 Å². The molecule has 1 unspecified atom stereocenters. The van der Waals surface area contributed by atoms with Crippen LogP contribution in [0.2, 0.25) is 0 Å². The molecular formula is C25H31NO4. The van der Waals surface area contributed by atoms with Gasteiger partial charge in [-0.3, -0.25) is 4.79 Å². The maximum absolute atomic E-state index is 12.6. The molecule has 0 aliphatic carbocycles. The van der Waals surface area contributed by atoms with Crippen LogP contribution in [0.1, 0.15) is 44.7 Å². The Hall–Kier alpha value is -2.82. The van der Waals surface area contributed by atoms with Gasteiger partial charge in [-0.2, -0.15) is 0 Å². The minimum atomic E-state index is -0.518. The molecule has 0 bridgehead atoms. The van der Waals surface area contributed by atoms with E-state index in [4.69, 9.17) is 9.47 Å². The van der Waals surface area contributed by atoms with E-state index in [1.165, 1.54) is 0 Å². The number of aryl methyl sites for hydroxylation is 1. The minimum absolute atomic E-state index is 0.0917. The molecule has 1 heterocycles. The molecule has 3 rings (SSSR count). The third-order valence-corrected chi connectivity index (χ3v) is 5.13. The number of ketones is 1. The van der Waals surface area contributed by atoms with Crippen molar-refractivity contribution in [2.24, 2.45) is 5.92 Å². The molecule has 1 fully saturated rings. The second-order valence-corrected chi connectivity index (χ2v) is 8.80. The number of rotatable bonds is 7. The third kappa shape index (κ3) is 6.61. The summed E-state index contributed by atoms with van der Waals surface area (Å²) in [6, 6.07) is 18.0. The van der Waals surface area contributed by atoms with E-state index in [0.717, 1.165) is 16.9 Å².